The first-order valence-electron chi connectivity index (χ1n) is 6.96. The Morgan fingerprint density at radius 1 is 1.20 bits per heavy atom. The number of carbonyl (C=O) groups is 1. The van der Waals surface area contributed by atoms with Crippen LogP contribution < -0.4 is 0 Å². The van der Waals surface area contributed by atoms with E-state index >= 15 is 0 Å². The largest absolute Gasteiger partial charge is 0.293 e. The number of pyridine rings is 1. The summed E-state index contributed by atoms with van der Waals surface area (Å²) in [6.07, 6.45) is 10.1. The first kappa shape index (κ1) is 14.0. The zero-order valence-electron chi connectivity index (χ0n) is 11.2. The van der Waals surface area contributed by atoms with Gasteiger partial charge in [0.15, 0.2) is 5.78 Å². The Morgan fingerprint density at radius 3 is 2.90 bits per heavy atom. The smallest absolute Gasteiger partial charge is 0.177 e. The van der Waals surface area contributed by atoms with Crippen molar-refractivity contribution in [1.82, 2.24) is 4.98 Å². The highest BCUT2D eigenvalue weighted by atomic mass is 79.9. The lowest BCUT2D eigenvalue weighted by molar-refractivity contribution is 0.0996. The van der Waals surface area contributed by atoms with Crippen LogP contribution in [-0.4, -0.2) is 10.8 Å². The van der Waals surface area contributed by atoms with Gasteiger partial charge >= 0.3 is 0 Å². The molecule has 0 N–H and O–H groups in total. The molecule has 0 aliphatic heterocycles. The van der Waals surface area contributed by atoms with Gasteiger partial charge in [-0.2, -0.15) is 0 Å². The van der Waals surface area contributed by atoms with E-state index in [-0.39, 0.29) is 5.78 Å². The maximum Gasteiger partial charge on any atom is 0.177 e. The van der Waals surface area contributed by atoms with Crippen molar-refractivity contribution in [3.05, 3.63) is 49.9 Å². The van der Waals surface area contributed by atoms with Crippen molar-refractivity contribution in [3.63, 3.8) is 0 Å². The zero-order valence-corrected chi connectivity index (χ0v) is 13.6. The van der Waals surface area contributed by atoms with E-state index in [4.69, 9.17) is 0 Å². The Morgan fingerprint density at radius 2 is 2.05 bits per heavy atom. The van der Waals surface area contributed by atoms with Gasteiger partial charge in [-0.3, -0.25) is 9.78 Å². The molecular formula is C16H16BrNOS. The lowest BCUT2D eigenvalue weighted by atomic mass is 10.1. The van der Waals surface area contributed by atoms with E-state index < -0.39 is 0 Å². The normalized spacial score (nSPS) is 14.7. The summed E-state index contributed by atoms with van der Waals surface area (Å²) in [6, 6.07) is 4.09. The number of nitrogens with zero attached hydrogens (tertiary/aromatic N) is 1. The molecule has 20 heavy (non-hydrogen) atoms. The maximum atomic E-state index is 12.4. The van der Waals surface area contributed by atoms with Crippen molar-refractivity contribution in [2.24, 2.45) is 0 Å². The highest BCUT2D eigenvalue weighted by Crippen LogP contribution is 2.29. The van der Waals surface area contributed by atoms with Crippen LogP contribution in [-0.2, 0) is 19.3 Å². The molecule has 0 radical (unpaired) electrons. The fourth-order valence-corrected chi connectivity index (χ4v) is 4.23. The van der Waals surface area contributed by atoms with E-state index in [2.05, 4.69) is 27.0 Å². The quantitative estimate of drug-likeness (QED) is 0.598. The number of carbonyl (C=O) groups excluding carboxylic acids is 1. The van der Waals surface area contributed by atoms with Crippen LogP contribution in [0.15, 0.2) is 29.0 Å². The molecule has 3 rings (SSSR count). The number of aryl methyl sites for hydroxylation is 2. The van der Waals surface area contributed by atoms with Crippen LogP contribution >= 0.6 is 27.3 Å². The molecule has 0 saturated carbocycles. The second-order valence-corrected chi connectivity index (χ2v) is 7.28. The third kappa shape index (κ3) is 3.18. The number of ketones is 1. The molecular weight excluding hydrogens is 334 g/mol. The Hall–Kier alpha value is -1.00. The van der Waals surface area contributed by atoms with E-state index in [1.54, 1.807) is 23.7 Å². The summed E-state index contributed by atoms with van der Waals surface area (Å²) in [6.45, 7) is 0. The molecule has 0 aromatic carbocycles. The summed E-state index contributed by atoms with van der Waals surface area (Å²) in [5, 5.41) is 0. The number of thiophene rings is 1. The van der Waals surface area contributed by atoms with Gasteiger partial charge < -0.3 is 0 Å². The van der Waals surface area contributed by atoms with Gasteiger partial charge in [-0.15, -0.1) is 11.3 Å². The molecule has 4 heteroatoms. The Labute approximate surface area is 131 Å². The topological polar surface area (TPSA) is 30.0 Å². The lowest BCUT2D eigenvalue weighted by Gasteiger charge is -1.99. The molecule has 2 heterocycles. The van der Waals surface area contributed by atoms with Crippen LogP contribution in [0, 0.1) is 0 Å². The van der Waals surface area contributed by atoms with Gasteiger partial charge in [0.05, 0.1) is 4.88 Å². The van der Waals surface area contributed by atoms with Gasteiger partial charge in [-0.1, -0.05) is 6.42 Å². The monoisotopic (exact) mass is 349 g/mol. The predicted molar refractivity (Wildman–Crippen MR) is 85.5 cm³/mol. The van der Waals surface area contributed by atoms with Crippen LogP contribution in [0.25, 0.3) is 0 Å². The summed E-state index contributed by atoms with van der Waals surface area (Å²) in [7, 11) is 0. The zero-order chi connectivity index (χ0) is 13.9. The molecule has 104 valence electrons. The molecule has 0 fully saturated rings. The Kier molecular flexibility index (Phi) is 4.32. The van der Waals surface area contributed by atoms with Crippen molar-refractivity contribution in [2.45, 2.75) is 38.5 Å². The van der Waals surface area contributed by atoms with Gasteiger partial charge in [-0.05, 0) is 64.9 Å². The van der Waals surface area contributed by atoms with Crippen LogP contribution in [0.4, 0.5) is 0 Å². The summed E-state index contributed by atoms with van der Waals surface area (Å²) in [5.74, 6) is 0.211. The fourth-order valence-electron chi connectivity index (χ4n) is 2.63. The SMILES string of the molecule is O=C(Cc1cncc(Br)c1)c1cc2c(s1)CCCCC2. The third-order valence-electron chi connectivity index (χ3n) is 3.65. The van der Waals surface area contributed by atoms with E-state index in [9.17, 15) is 4.79 Å². The minimum absolute atomic E-state index is 0.211. The summed E-state index contributed by atoms with van der Waals surface area (Å²) in [5.41, 5.74) is 2.37. The number of Topliss-reactive ketones (excluding diaryl/α,β-unsaturated/α-hetero) is 1. The molecule has 2 aromatic rings. The Bertz CT molecular complexity index is 612. The van der Waals surface area contributed by atoms with Crippen LogP contribution in [0.5, 0.6) is 0 Å². The molecule has 0 amide bonds. The average Bonchev–Trinajstić information content (AvgIpc) is 2.70. The molecule has 0 spiro atoms. The number of fused-ring (bicyclic) bond motifs is 1. The van der Waals surface area contributed by atoms with Crippen molar-refractivity contribution in [3.8, 4) is 0 Å². The first-order valence-corrected chi connectivity index (χ1v) is 8.57. The summed E-state index contributed by atoms with van der Waals surface area (Å²) in [4.78, 5) is 18.9. The van der Waals surface area contributed by atoms with Gasteiger partial charge in [-0.25, -0.2) is 0 Å². The molecule has 2 aromatic heterocycles. The molecule has 1 aliphatic carbocycles. The Balaban J connectivity index is 1.77. The second kappa shape index (κ2) is 6.19. The molecule has 2 nitrogen and oxygen atoms in total. The molecule has 0 bridgehead atoms. The predicted octanol–water partition coefficient (Wildman–Crippen LogP) is 4.60. The minimum atomic E-state index is 0.211. The average molecular weight is 350 g/mol. The molecule has 0 unspecified atom stereocenters. The lowest BCUT2D eigenvalue weighted by Crippen LogP contribution is -2.01. The number of hydrogen-bond acceptors (Lipinski definition) is 3. The number of hydrogen-bond donors (Lipinski definition) is 0. The standard InChI is InChI=1S/C16H16BrNOS/c17-13-6-11(9-18-10-13)7-14(19)16-8-12-4-2-1-3-5-15(12)20-16/h6,8-10H,1-5,7H2. The van der Waals surface area contributed by atoms with Crippen molar-refractivity contribution < 1.29 is 4.79 Å². The van der Waals surface area contributed by atoms with E-state index in [0.29, 0.717) is 6.42 Å². The van der Waals surface area contributed by atoms with Crippen molar-refractivity contribution in [2.75, 3.05) is 0 Å². The van der Waals surface area contributed by atoms with Crippen LogP contribution in [0.1, 0.15) is 44.9 Å². The maximum absolute atomic E-state index is 12.4. The number of halogens is 1. The van der Waals surface area contributed by atoms with Gasteiger partial charge in [0, 0.05) is 28.2 Å². The molecule has 0 saturated heterocycles. The van der Waals surface area contributed by atoms with Gasteiger partial charge in [0.1, 0.15) is 0 Å². The minimum Gasteiger partial charge on any atom is -0.293 e. The number of aromatic nitrogens is 1. The molecule has 1 aliphatic rings. The van der Waals surface area contributed by atoms with Gasteiger partial charge in [0.2, 0.25) is 0 Å². The van der Waals surface area contributed by atoms with Crippen molar-refractivity contribution >= 4 is 33.0 Å². The second-order valence-electron chi connectivity index (χ2n) is 5.23. The van der Waals surface area contributed by atoms with E-state index in [1.807, 2.05) is 6.07 Å². The third-order valence-corrected chi connectivity index (χ3v) is 5.36. The molecule has 0 atom stereocenters. The number of rotatable bonds is 3. The van der Waals surface area contributed by atoms with Crippen molar-refractivity contribution in [1.29, 1.82) is 0 Å². The fraction of sp³-hybridized carbons (Fsp3) is 0.375. The summed E-state index contributed by atoms with van der Waals surface area (Å²) < 4.78 is 0.921. The summed E-state index contributed by atoms with van der Waals surface area (Å²) >= 11 is 5.09. The highest BCUT2D eigenvalue weighted by molar-refractivity contribution is 9.10. The van der Waals surface area contributed by atoms with Crippen LogP contribution in [0.2, 0.25) is 0 Å². The van der Waals surface area contributed by atoms with Crippen LogP contribution in [0.3, 0.4) is 0 Å². The van der Waals surface area contributed by atoms with E-state index in [0.717, 1.165) is 27.8 Å². The van der Waals surface area contributed by atoms with Gasteiger partial charge in [0.25, 0.3) is 0 Å². The first-order chi connectivity index (χ1) is 9.72. The highest BCUT2D eigenvalue weighted by Gasteiger charge is 2.16. The van der Waals surface area contributed by atoms with E-state index in [1.165, 1.54) is 29.7 Å².